The molecule has 0 unspecified atom stereocenters. The fourth-order valence-electron chi connectivity index (χ4n) is 1.48. The highest BCUT2D eigenvalue weighted by Gasteiger charge is 2.21. The summed E-state index contributed by atoms with van der Waals surface area (Å²) >= 11 is 0. The third-order valence-corrected chi connectivity index (χ3v) is 2.19. The van der Waals surface area contributed by atoms with Crippen LogP contribution in [0.1, 0.15) is 11.4 Å². The van der Waals surface area contributed by atoms with Crippen LogP contribution in [0.3, 0.4) is 0 Å². The molecule has 0 aliphatic heterocycles. The molecule has 0 saturated carbocycles. The summed E-state index contributed by atoms with van der Waals surface area (Å²) in [5.41, 5.74) is 1.09. The third-order valence-electron chi connectivity index (χ3n) is 2.19. The van der Waals surface area contributed by atoms with Gasteiger partial charge < -0.3 is 4.52 Å². The minimum atomic E-state index is -0.456. The van der Waals surface area contributed by atoms with Crippen molar-refractivity contribution in [3.63, 3.8) is 0 Å². The summed E-state index contributed by atoms with van der Waals surface area (Å²) in [4.78, 5) is 14.4. The summed E-state index contributed by atoms with van der Waals surface area (Å²) in [6.45, 7) is 3.43. The summed E-state index contributed by atoms with van der Waals surface area (Å²) in [6.07, 6.45) is 0. The van der Waals surface area contributed by atoms with E-state index in [2.05, 4.69) is 10.1 Å². The first-order valence-corrected chi connectivity index (χ1v) is 4.64. The van der Waals surface area contributed by atoms with Gasteiger partial charge in [0.15, 0.2) is 5.82 Å². The van der Waals surface area contributed by atoms with Gasteiger partial charge in [0, 0.05) is 6.07 Å². The summed E-state index contributed by atoms with van der Waals surface area (Å²) in [5.74, 6) is 0.634. The molecule has 2 aromatic rings. The van der Waals surface area contributed by atoms with Crippen molar-refractivity contribution in [2.75, 3.05) is 0 Å². The number of nitrogens with zero attached hydrogens (tertiary/aromatic N) is 3. The van der Waals surface area contributed by atoms with Gasteiger partial charge in [0.2, 0.25) is 0 Å². The largest absolute Gasteiger partial charge is 0.334 e. The van der Waals surface area contributed by atoms with E-state index in [0.717, 1.165) is 5.56 Å². The van der Waals surface area contributed by atoms with E-state index in [1.165, 1.54) is 6.07 Å². The molecule has 0 aliphatic rings. The Morgan fingerprint density at radius 2 is 2.12 bits per heavy atom. The average Bonchev–Trinajstić information content (AvgIpc) is 2.64. The van der Waals surface area contributed by atoms with E-state index in [1.807, 2.05) is 0 Å². The lowest BCUT2D eigenvalue weighted by Crippen LogP contribution is -1.94. The van der Waals surface area contributed by atoms with Crippen molar-refractivity contribution < 1.29 is 9.45 Å². The van der Waals surface area contributed by atoms with E-state index in [4.69, 9.17) is 4.52 Å². The fourth-order valence-corrected chi connectivity index (χ4v) is 1.48. The van der Waals surface area contributed by atoms with Crippen LogP contribution in [0.4, 0.5) is 5.69 Å². The van der Waals surface area contributed by atoms with Gasteiger partial charge in [-0.2, -0.15) is 4.98 Å². The molecule has 82 valence electrons. The zero-order chi connectivity index (χ0) is 11.7. The predicted octanol–water partition coefficient (Wildman–Crippen LogP) is 2.26. The number of aryl methyl sites for hydroxylation is 2. The molecule has 6 nitrogen and oxygen atoms in total. The quantitative estimate of drug-likeness (QED) is 0.571. The van der Waals surface area contributed by atoms with Crippen LogP contribution in [0, 0.1) is 24.0 Å². The highest BCUT2D eigenvalue weighted by molar-refractivity contribution is 5.70. The van der Waals surface area contributed by atoms with Crippen molar-refractivity contribution in [2.24, 2.45) is 0 Å². The van der Waals surface area contributed by atoms with Gasteiger partial charge in [0.1, 0.15) is 5.56 Å². The smallest absolute Gasteiger partial charge is 0.282 e. The van der Waals surface area contributed by atoms with Gasteiger partial charge >= 0.3 is 0 Å². The third kappa shape index (κ3) is 1.65. The van der Waals surface area contributed by atoms with E-state index in [0.29, 0.717) is 11.4 Å². The maximum atomic E-state index is 10.9. The lowest BCUT2D eigenvalue weighted by atomic mass is 10.1. The van der Waals surface area contributed by atoms with Crippen molar-refractivity contribution in [1.82, 2.24) is 10.1 Å². The van der Waals surface area contributed by atoms with Crippen molar-refractivity contribution in [1.29, 1.82) is 0 Å². The molecule has 0 spiro atoms. The van der Waals surface area contributed by atoms with Crippen LogP contribution >= 0.6 is 0 Å². The van der Waals surface area contributed by atoms with Crippen LogP contribution < -0.4 is 0 Å². The normalized spacial score (nSPS) is 10.4. The van der Waals surface area contributed by atoms with E-state index < -0.39 is 4.92 Å². The molecule has 6 heteroatoms. The fraction of sp³-hybridized carbons (Fsp3) is 0.200. The zero-order valence-electron chi connectivity index (χ0n) is 8.80. The van der Waals surface area contributed by atoms with Gasteiger partial charge in [0.25, 0.3) is 11.6 Å². The van der Waals surface area contributed by atoms with Crippen molar-refractivity contribution >= 4 is 5.69 Å². The second-order valence-corrected chi connectivity index (χ2v) is 3.37. The van der Waals surface area contributed by atoms with Gasteiger partial charge in [-0.3, -0.25) is 10.1 Å². The number of nitro benzene ring substituents is 1. The van der Waals surface area contributed by atoms with Crippen LogP contribution in [0.5, 0.6) is 0 Å². The number of benzene rings is 1. The molecule has 0 amide bonds. The molecular formula is C10H9N3O3. The summed E-state index contributed by atoms with van der Waals surface area (Å²) in [5, 5.41) is 14.5. The van der Waals surface area contributed by atoms with Crippen LogP contribution in [0.15, 0.2) is 22.7 Å². The van der Waals surface area contributed by atoms with E-state index in [-0.39, 0.29) is 11.6 Å². The Balaban J connectivity index is 2.67. The lowest BCUT2D eigenvalue weighted by molar-refractivity contribution is -0.384. The number of nitro groups is 1. The first kappa shape index (κ1) is 10.3. The van der Waals surface area contributed by atoms with Crippen LogP contribution in [0.25, 0.3) is 11.5 Å². The first-order valence-electron chi connectivity index (χ1n) is 4.64. The second kappa shape index (κ2) is 3.73. The van der Waals surface area contributed by atoms with Gasteiger partial charge in [-0.15, -0.1) is 0 Å². The Labute approximate surface area is 91.1 Å². The summed E-state index contributed by atoms with van der Waals surface area (Å²) < 4.78 is 4.96. The molecule has 0 N–H and O–H groups in total. The molecule has 0 saturated heterocycles. The highest BCUT2D eigenvalue weighted by atomic mass is 16.6. The minimum absolute atomic E-state index is 0.0244. The molecule has 16 heavy (non-hydrogen) atoms. The molecule has 0 radical (unpaired) electrons. The number of hydrogen-bond acceptors (Lipinski definition) is 5. The van der Waals surface area contributed by atoms with Crippen molar-refractivity contribution in [3.8, 4) is 11.5 Å². The Kier molecular flexibility index (Phi) is 2.40. The monoisotopic (exact) mass is 219 g/mol. The predicted molar refractivity (Wildman–Crippen MR) is 55.9 cm³/mol. The summed E-state index contributed by atoms with van der Waals surface area (Å²) in [7, 11) is 0. The van der Waals surface area contributed by atoms with E-state index in [1.54, 1.807) is 26.0 Å². The first-order chi connectivity index (χ1) is 7.59. The molecule has 0 fully saturated rings. The standard InChI is InChI=1S/C10H9N3O3/c1-6-4-3-5-8(13(14)15)9(6)10-11-7(2)12-16-10/h3-5H,1-2H3. The molecule has 1 aromatic carbocycles. The molecule has 0 bridgehead atoms. The number of hydrogen-bond donors (Lipinski definition) is 0. The zero-order valence-corrected chi connectivity index (χ0v) is 8.80. The second-order valence-electron chi connectivity index (χ2n) is 3.37. The lowest BCUT2D eigenvalue weighted by Gasteiger charge is -2.01. The Morgan fingerprint density at radius 3 is 2.69 bits per heavy atom. The summed E-state index contributed by atoms with van der Waals surface area (Å²) in [6, 6.07) is 4.81. The molecule has 0 aliphatic carbocycles. The van der Waals surface area contributed by atoms with Crippen LogP contribution in [-0.2, 0) is 0 Å². The molecular weight excluding hydrogens is 210 g/mol. The highest BCUT2D eigenvalue weighted by Crippen LogP contribution is 2.31. The van der Waals surface area contributed by atoms with Crippen LogP contribution in [-0.4, -0.2) is 15.1 Å². The average molecular weight is 219 g/mol. The number of aromatic nitrogens is 2. The molecule has 1 heterocycles. The Hall–Kier alpha value is -2.24. The maximum Gasteiger partial charge on any atom is 0.282 e. The van der Waals surface area contributed by atoms with Crippen LogP contribution in [0.2, 0.25) is 0 Å². The van der Waals surface area contributed by atoms with E-state index >= 15 is 0 Å². The SMILES string of the molecule is Cc1noc(-c2c(C)cccc2[N+](=O)[O-])n1. The van der Waals surface area contributed by atoms with Gasteiger partial charge in [0.05, 0.1) is 4.92 Å². The van der Waals surface area contributed by atoms with Crippen molar-refractivity contribution in [2.45, 2.75) is 13.8 Å². The van der Waals surface area contributed by atoms with E-state index in [9.17, 15) is 10.1 Å². The maximum absolute atomic E-state index is 10.9. The van der Waals surface area contributed by atoms with Gasteiger partial charge in [-0.25, -0.2) is 0 Å². The van der Waals surface area contributed by atoms with Gasteiger partial charge in [-0.1, -0.05) is 17.3 Å². The van der Waals surface area contributed by atoms with Crippen molar-refractivity contribution in [3.05, 3.63) is 39.7 Å². The topological polar surface area (TPSA) is 82.1 Å². The Morgan fingerprint density at radius 1 is 1.38 bits per heavy atom. The molecule has 1 aromatic heterocycles. The Bertz CT molecular complexity index is 548. The molecule has 2 rings (SSSR count). The number of rotatable bonds is 2. The van der Waals surface area contributed by atoms with Gasteiger partial charge in [-0.05, 0) is 19.4 Å². The minimum Gasteiger partial charge on any atom is -0.334 e. The molecule has 0 atom stereocenters.